The number of rotatable bonds is 6. The standard InChI is InChI=1S/C21H20N2O3S/c1-14-17(12-15-8-4-2-5-9-15)27-20(18(14)19(22)24)23-21(25)26-13-16-10-6-3-7-11-16/h2-11H,12-13H2,1H3,(H2,22,24)(H,23,25). The minimum absolute atomic E-state index is 0.153. The highest BCUT2D eigenvalue weighted by molar-refractivity contribution is 7.17. The van der Waals surface area contributed by atoms with Gasteiger partial charge in [-0.1, -0.05) is 60.7 Å². The molecule has 5 nitrogen and oxygen atoms in total. The lowest BCUT2D eigenvalue weighted by atomic mass is 10.1. The van der Waals surface area contributed by atoms with Gasteiger partial charge in [0.05, 0.1) is 5.56 Å². The summed E-state index contributed by atoms with van der Waals surface area (Å²) in [6, 6.07) is 19.3. The molecule has 6 heteroatoms. The average molecular weight is 380 g/mol. The van der Waals surface area contributed by atoms with Crippen molar-refractivity contribution < 1.29 is 14.3 Å². The van der Waals surface area contributed by atoms with Gasteiger partial charge in [0.2, 0.25) is 0 Å². The van der Waals surface area contributed by atoms with Gasteiger partial charge in [0.25, 0.3) is 5.91 Å². The Morgan fingerprint density at radius 1 is 1.00 bits per heavy atom. The molecule has 0 atom stereocenters. The van der Waals surface area contributed by atoms with Crippen molar-refractivity contribution >= 4 is 28.3 Å². The maximum Gasteiger partial charge on any atom is 0.412 e. The van der Waals surface area contributed by atoms with E-state index in [1.54, 1.807) is 0 Å². The predicted octanol–water partition coefficient (Wildman–Crippen LogP) is 4.49. The first-order valence-corrected chi connectivity index (χ1v) is 9.30. The molecule has 0 unspecified atom stereocenters. The van der Waals surface area contributed by atoms with Crippen molar-refractivity contribution in [2.45, 2.75) is 20.0 Å². The second-order valence-electron chi connectivity index (χ2n) is 6.07. The van der Waals surface area contributed by atoms with Crippen LogP contribution in [0.4, 0.5) is 9.80 Å². The minimum Gasteiger partial charge on any atom is -0.444 e. The molecule has 0 fully saturated rings. The Morgan fingerprint density at radius 2 is 1.59 bits per heavy atom. The summed E-state index contributed by atoms with van der Waals surface area (Å²) in [6.07, 6.45) is 0.0483. The van der Waals surface area contributed by atoms with Crippen LogP contribution >= 0.6 is 11.3 Å². The van der Waals surface area contributed by atoms with Crippen LogP contribution in [0.5, 0.6) is 0 Å². The lowest BCUT2D eigenvalue weighted by Crippen LogP contribution is -2.18. The summed E-state index contributed by atoms with van der Waals surface area (Å²) in [4.78, 5) is 25.0. The van der Waals surface area contributed by atoms with Crippen molar-refractivity contribution in [2.24, 2.45) is 5.73 Å². The molecule has 0 aliphatic heterocycles. The molecule has 0 aliphatic rings. The molecule has 3 N–H and O–H groups in total. The van der Waals surface area contributed by atoms with Crippen molar-refractivity contribution in [3.8, 4) is 0 Å². The van der Waals surface area contributed by atoms with Crippen LogP contribution in [0.3, 0.4) is 0 Å². The first-order chi connectivity index (χ1) is 13.0. The number of nitrogens with one attached hydrogen (secondary N) is 1. The van der Waals surface area contributed by atoms with E-state index in [0.29, 0.717) is 17.0 Å². The van der Waals surface area contributed by atoms with Crippen molar-refractivity contribution in [1.82, 2.24) is 0 Å². The Morgan fingerprint density at radius 3 is 2.19 bits per heavy atom. The van der Waals surface area contributed by atoms with Crippen molar-refractivity contribution in [3.63, 3.8) is 0 Å². The number of hydrogen-bond donors (Lipinski definition) is 2. The zero-order valence-electron chi connectivity index (χ0n) is 14.9. The van der Waals surface area contributed by atoms with E-state index in [1.165, 1.54) is 11.3 Å². The number of primary amides is 1. The Bertz CT molecular complexity index is 937. The molecule has 2 amide bonds. The summed E-state index contributed by atoms with van der Waals surface area (Å²) < 4.78 is 5.24. The van der Waals surface area contributed by atoms with Crippen molar-refractivity contribution in [2.75, 3.05) is 5.32 Å². The number of anilines is 1. The van der Waals surface area contributed by atoms with Crippen LogP contribution in [0, 0.1) is 6.92 Å². The van der Waals surface area contributed by atoms with Gasteiger partial charge in [0.15, 0.2) is 0 Å². The smallest absolute Gasteiger partial charge is 0.412 e. The van der Waals surface area contributed by atoms with E-state index in [1.807, 2.05) is 67.6 Å². The first-order valence-electron chi connectivity index (χ1n) is 8.48. The molecule has 0 saturated carbocycles. The molecule has 0 saturated heterocycles. The molecular formula is C21H20N2O3S. The number of ether oxygens (including phenoxy) is 1. The van der Waals surface area contributed by atoms with Gasteiger partial charge in [-0.25, -0.2) is 4.79 Å². The summed E-state index contributed by atoms with van der Waals surface area (Å²) >= 11 is 1.35. The van der Waals surface area contributed by atoms with E-state index in [-0.39, 0.29) is 6.61 Å². The van der Waals surface area contributed by atoms with E-state index in [2.05, 4.69) is 5.32 Å². The van der Waals surface area contributed by atoms with Crippen LogP contribution in [-0.4, -0.2) is 12.0 Å². The number of nitrogens with two attached hydrogens (primary N) is 1. The highest BCUT2D eigenvalue weighted by Crippen LogP contribution is 2.34. The average Bonchev–Trinajstić information content (AvgIpc) is 2.97. The molecule has 3 aromatic rings. The molecule has 1 heterocycles. The third-order valence-corrected chi connectivity index (χ3v) is 5.34. The highest BCUT2D eigenvalue weighted by Gasteiger charge is 2.21. The minimum atomic E-state index is -0.617. The Labute approximate surface area is 161 Å². The van der Waals surface area contributed by atoms with Crippen molar-refractivity contribution in [1.29, 1.82) is 0 Å². The fourth-order valence-electron chi connectivity index (χ4n) is 2.75. The lowest BCUT2D eigenvalue weighted by molar-refractivity contribution is 0.100. The summed E-state index contributed by atoms with van der Waals surface area (Å²) in [7, 11) is 0. The van der Waals surface area contributed by atoms with Gasteiger partial charge in [-0.15, -0.1) is 11.3 Å². The Hall–Kier alpha value is -3.12. The SMILES string of the molecule is Cc1c(Cc2ccccc2)sc(NC(=O)OCc2ccccc2)c1C(N)=O. The molecular weight excluding hydrogens is 360 g/mol. The molecule has 0 bridgehead atoms. The topological polar surface area (TPSA) is 81.4 Å². The van der Waals surface area contributed by atoms with Crippen molar-refractivity contribution in [3.05, 3.63) is 87.8 Å². The summed E-state index contributed by atoms with van der Waals surface area (Å²) in [5.41, 5.74) is 8.67. The third-order valence-electron chi connectivity index (χ3n) is 4.13. The zero-order valence-corrected chi connectivity index (χ0v) is 15.7. The van der Waals surface area contributed by atoms with Crippen LogP contribution in [0.2, 0.25) is 0 Å². The fourth-order valence-corrected chi connectivity index (χ4v) is 3.98. The van der Waals surface area contributed by atoms with Gasteiger partial charge in [-0.2, -0.15) is 0 Å². The van der Waals surface area contributed by atoms with E-state index in [4.69, 9.17) is 10.5 Å². The molecule has 27 heavy (non-hydrogen) atoms. The van der Waals surface area contributed by atoms with Gasteiger partial charge < -0.3 is 10.5 Å². The number of carbonyl (C=O) groups is 2. The molecule has 138 valence electrons. The van der Waals surface area contributed by atoms with Crippen LogP contribution in [0.25, 0.3) is 0 Å². The highest BCUT2D eigenvalue weighted by atomic mass is 32.1. The van der Waals surface area contributed by atoms with Crippen LogP contribution in [0.1, 0.15) is 31.9 Å². The predicted molar refractivity (Wildman–Crippen MR) is 107 cm³/mol. The number of hydrogen-bond acceptors (Lipinski definition) is 4. The number of carbonyl (C=O) groups excluding carboxylic acids is 2. The van der Waals surface area contributed by atoms with Crippen LogP contribution in [0.15, 0.2) is 60.7 Å². The normalized spacial score (nSPS) is 10.4. The molecule has 0 spiro atoms. The Balaban J connectivity index is 1.74. The van der Waals surface area contributed by atoms with Gasteiger partial charge in [-0.05, 0) is 23.6 Å². The lowest BCUT2D eigenvalue weighted by Gasteiger charge is -2.07. The van der Waals surface area contributed by atoms with Gasteiger partial charge >= 0.3 is 6.09 Å². The first kappa shape index (κ1) is 18.7. The van der Waals surface area contributed by atoms with E-state index >= 15 is 0 Å². The number of benzene rings is 2. The van der Waals surface area contributed by atoms with E-state index in [9.17, 15) is 9.59 Å². The van der Waals surface area contributed by atoms with Gasteiger partial charge in [0, 0.05) is 11.3 Å². The molecule has 2 aromatic carbocycles. The van der Waals surface area contributed by atoms with Crippen LogP contribution in [-0.2, 0) is 17.8 Å². The maximum absolute atomic E-state index is 12.2. The summed E-state index contributed by atoms with van der Waals surface area (Å²) in [5.74, 6) is -0.568. The van der Waals surface area contributed by atoms with Gasteiger partial charge in [0.1, 0.15) is 11.6 Å². The van der Waals surface area contributed by atoms with E-state index in [0.717, 1.165) is 21.6 Å². The second-order valence-corrected chi connectivity index (χ2v) is 7.17. The molecule has 3 rings (SSSR count). The van der Waals surface area contributed by atoms with E-state index < -0.39 is 12.0 Å². The zero-order chi connectivity index (χ0) is 19.2. The summed E-state index contributed by atoms with van der Waals surface area (Å²) in [6.45, 7) is 2.00. The second kappa shape index (κ2) is 8.51. The molecule has 1 aromatic heterocycles. The Kier molecular flexibility index (Phi) is 5.88. The monoisotopic (exact) mass is 380 g/mol. The number of amides is 2. The molecule has 0 aliphatic carbocycles. The fraction of sp³-hybridized carbons (Fsp3) is 0.143. The largest absolute Gasteiger partial charge is 0.444 e. The van der Waals surface area contributed by atoms with Crippen LogP contribution < -0.4 is 11.1 Å². The maximum atomic E-state index is 12.2. The van der Waals surface area contributed by atoms with Gasteiger partial charge in [-0.3, -0.25) is 10.1 Å². The quantitative estimate of drug-likeness (QED) is 0.661. The third kappa shape index (κ3) is 4.74. The summed E-state index contributed by atoms with van der Waals surface area (Å²) in [5, 5.41) is 3.09. The molecule has 0 radical (unpaired) electrons. The number of thiophene rings is 1.